The number of aliphatic hydroxyl groups excluding tert-OH is 1. The Morgan fingerprint density at radius 3 is 2.08 bits per heavy atom. The summed E-state index contributed by atoms with van der Waals surface area (Å²) in [5, 5.41) is 10.3. The molecule has 0 aliphatic heterocycles. The van der Waals surface area contributed by atoms with E-state index in [9.17, 15) is 5.11 Å². The van der Waals surface area contributed by atoms with Gasteiger partial charge in [0.1, 0.15) is 0 Å². The lowest BCUT2D eigenvalue weighted by atomic mass is 10.1. The highest BCUT2D eigenvalue weighted by Gasteiger charge is 2.14. The lowest BCUT2D eigenvalue weighted by molar-refractivity contribution is -0.0106. The van der Waals surface area contributed by atoms with Crippen LogP contribution in [-0.4, -0.2) is 35.4 Å². The SMILES string of the molecule is Cc1ccc(CN(Cc2ccccc2)C[C@@H](O)COC(C)C)cc1. The highest BCUT2D eigenvalue weighted by molar-refractivity contribution is 5.21. The number of hydrogen-bond donors (Lipinski definition) is 1. The van der Waals surface area contributed by atoms with Crippen LogP contribution in [0.15, 0.2) is 54.6 Å². The number of hydrogen-bond acceptors (Lipinski definition) is 3. The maximum atomic E-state index is 10.3. The lowest BCUT2D eigenvalue weighted by Crippen LogP contribution is -2.34. The monoisotopic (exact) mass is 327 g/mol. The van der Waals surface area contributed by atoms with E-state index < -0.39 is 6.10 Å². The van der Waals surface area contributed by atoms with Crippen molar-refractivity contribution in [1.29, 1.82) is 0 Å². The van der Waals surface area contributed by atoms with Gasteiger partial charge in [0.2, 0.25) is 0 Å². The maximum absolute atomic E-state index is 10.3. The van der Waals surface area contributed by atoms with Crippen LogP contribution in [0, 0.1) is 6.92 Å². The molecule has 3 heteroatoms. The van der Waals surface area contributed by atoms with Crippen molar-refractivity contribution >= 4 is 0 Å². The molecular weight excluding hydrogens is 298 g/mol. The summed E-state index contributed by atoms with van der Waals surface area (Å²) < 4.78 is 5.54. The third-order valence-corrected chi connectivity index (χ3v) is 3.87. The van der Waals surface area contributed by atoms with Crippen molar-refractivity contribution in [2.45, 2.75) is 46.1 Å². The molecule has 3 nitrogen and oxygen atoms in total. The Morgan fingerprint density at radius 2 is 1.50 bits per heavy atom. The van der Waals surface area contributed by atoms with Gasteiger partial charge in [-0.1, -0.05) is 60.2 Å². The highest BCUT2D eigenvalue weighted by atomic mass is 16.5. The molecule has 0 unspecified atom stereocenters. The second-order valence-corrected chi connectivity index (χ2v) is 6.68. The van der Waals surface area contributed by atoms with Gasteiger partial charge in [-0.3, -0.25) is 4.90 Å². The summed E-state index contributed by atoms with van der Waals surface area (Å²) in [6.45, 7) is 8.66. The highest BCUT2D eigenvalue weighted by Crippen LogP contribution is 2.12. The fraction of sp³-hybridized carbons (Fsp3) is 0.429. The molecule has 1 atom stereocenters. The number of nitrogens with zero attached hydrogens (tertiary/aromatic N) is 1. The normalized spacial score (nSPS) is 12.8. The van der Waals surface area contributed by atoms with E-state index in [-0.39, 0.29) is 6.10 Å². The summed E-state index contributed by atoms with van der Waals surface area (Å²) in [5.41, 5.74) is 3.77. The zero-order valence-corrected chi connectivity index (χ0v) is 15.0. The maximum Gasteiger partial charge on any atom is 0.0900 e. The smallest absolute Gasteiger partial charge is 0.0900 e. The molecule has 0 fully saturated rings. The summed E-state index contributed by atoms with van der Waals surface area (Å²) in [6, 6.07) is 19.0. The molecule has 130 valence electrons. The van der Waals surface area contributed by atoms with Crippen LogP contribution in [0.2, 0.25) is 0 Å². The van der Waals surface area contributed by atoms with Crippen molar-refractivity contribution in [3.63, 3.8) is 0 Å². The van der Waals surface area contributed by atoms with Gasteiger partial charge in [-0.05, 0) is 31.9 Å². The molecule has 24 heavy (non-hydrogen) atoms. The summed E-state index contributed by atoms with van der Waals surface area (Å²) in [6.07, 6.45) is -0.346. The molecule has 2 aromatic carbocycles. The first-order valence-corrected chi connectivity index (χ1v) is 8.64. The summed E-state index contributed by atoms with van der Waals surface area (Å²) >= 11 is 0. The molecule has 0 saturated carbocycles. The van der Waals surface area contributed by atoms with Crippen molar-refractivity contribution < 1.29 is 9.84 Å². The molecular formula is C21H29NO2. The average molecular weight is 327 g/mol. The van der Waals surface area contributed by atoms with Crippen molar-refractivity contribution in [2.24, 2.45) is 0 Å². The van der Waals surface area contributed by atoms with Gasteiger partial charge < -0.3 is 9.84 Å². The van der Waals surface area contributed by atoms with Crippen LogP contribution in [0.1, 0.15) is 30.5 Å². The van der Waals surface area contributed by atoms with Crippen molar-refractivity contribution in [1.82, 2.24) is 4.90 Å². The van der Waals surface area contributed by atoms with E-state index in [1.807, 2.05) is 19.9 Å². The predicted molar refractivity (Wildman–Crippen MR) is 98.8 cm³/mol. The first-order chi connectivity index (χ1) is 11.5. The number of benzene rings is 2. The fourth-order valence-electron chi connectivity index (χ4n) is 2.63. The van der Waals surface area contributed by atoms with Gasteiger partial charge in [-0.25, -0.2) is 0 Å². The average Bonchev–Trinajstić information content (AvgIpc) is 2.56. The molecule has 0 aliphatic rings. The fourth-order valence-corrected chi connectivity index (χ4v) is 2.63. The predicted octanol–water partition coefficient (Wildman–Crippen LogP) is 3.78. The molecule has 0 aromatic heterocycles. The van der Waals surface area contributed by atoms with Crippen LogP contribution in [-0.2, 0) is 17.8 Å². The largest absolute Gasteiger partial charge is 0.389 e. The topological polar surface area (TPSA) is 32.7 Å². The second kappa shape index (κ2) is 9.58. The molecule has 2 aromatic rings. The summed E-state index contributed by atoms with van der Waals surface area (Å²) in [7, 11) is 0. The number of rotatable bonds is 9. The van der Waals surface area contributed by atoms with Crippen LogP contribution < -0.4 is 0 Å². The quantitative estimate of drug-likeness (QED) is 0.761. The Labute approximate surface area is 145 Å². The Morgan fingerprint density at radius 1 is 0.917 bits per heavy atom. The van der Waals surface area contributed by atoms with Crippen LogP contribution in [0.4, 0.5) is 0 Å². The Balaban J connectivity index is 2.01. The van der Waals surface area contributed by atoms with E-state index in [2.05, 4.69) is 60.4 Å². The minimum absolute atomic E-state index is 0.138. The minimum Gasteiger partial charge on any atom is -0.389 e. The Kier molecular flexibility index (Phi) is 7.44. The van der Waals surface area contributed by atoms with E-state index in [4.69, 9.17) is 4.74 Å². The van der Waals surface area contributed by atoms with Crippen LogP contribution in [0.25, 0.3) is 0 Å². The van der Waals surface area contributed by atoms with Gasteiger partial charge in [-0.2, -0.15) is 0 Å². The van der Waals surface area contributed by atoms with Gasteiger partial charge in [0.05, 0.1) is 18.8 Å². The van der Waals surface area contributed by atoms with Crippen molar-refractivity contribution in [3.8, 4) is 0 Å². The van der Waals surface area contributed by atoms with Crippen molar-refractivity contribution in [2.75, 3.05) is 13.2 Å². The zero-order valence-electron chi connectivity index (χ0n) is 15.0. The molecule has 0 heterocycles. The van der Waals surface area contributed by atoms with Gasteiger partial charge >= 0.3 is 0 Å². The first kappa shape index (κ1) is 18.7. The molecule has 0 radical (unpaired) electrons. The molecule has 0 bridgehead atoms. The van der Waals surface area contributed by atoms with Gasteiger partial charge in [0.25, 0.3) is 0 Å². The van der Waals surface area contributed by atoms with Crippen LogP contribution in [0.5, 0.6) is 0 Å². The third kappa shape index (κ3) is 6.83. The van der Waals surface area contributed by atoms with E-state index in [0.29, 0.717) is 13.2 Å². The Hall–Kier alpha value is -1.68. The lowest BCUT2D eigenvalue weighted by Gasteiger charge is -2.26. The van der Waals surface area contributed by atoms with E-state index in [1.165, 1.54) is 16.7 Å². The van der Waals surface area contributed by atoms with Crippen LogP contribution in [0.3, 0.4) is 0 Å². The number of aryl methyl sites for hydroxylation is 1. The molecule has 0 saturated heterocycles. The number of ether oxygens (including phenoxy) is 1. The summed E-state index contributed by atoms with van der Waals surface area (Å²) in [5.74, 6) is 0. The van der Waals surface area contributed by atoms with E-state index >= 15 is 0 Å². The number of aliphatic hydroxyl groups is 1. The van der Waals surface area contributed by atoms with E-state index in [0.717, 1.165) is 13.1 Å². The van der Waals surface area contributed by atoms with Crippen LogP contribution >= 0.6 is 0 Å². The minimum atomic E-state index is -0.485. The van der Waals surface area contributed by atoms with Gasteiger partial charge in [-0.15, -0.1) is 0 Å². The molecule has 0 spiro atoms. The van der Waals surface area contributed by atoms with Gasteiger partial charge in [0.15, 0.2) is 0 Å². The molecule has 2 rings (SSSR count). The first-order valence-electron chi connectivity index (χ1n) is 8.64. The van der Waals surface area contributed by atoms with Crippen molar-refractivity contribution in [3.05, 3.63) is 71.3 Å². The molecule has 1 N–H and O–H groups in total. The Bertz CT molecular complexity index is 581. The third-order valence-electron chi connectivity index (χ3n) is 3.87. The summed E-state index contributed by atoms with van der Waals surface area (Å²) in [4.78, 5) is 2.27. The molecule has 0 aliphatic carbocycles. The van der Waals surface area contributed by atoms with Gasteiger partial charge in [0, 0.05) is 19.6 Å². The standard InChI is InChI=1S/C21H29NO2/c1-17(2)24-16-21(23)15-22(13-19-7-5-4-6-8-19)14-20-11-9-18(3)10-12-20/h4-12,17,21,23H,13-16H2,1-3H3/t21-/m1/s1. The molecule has 0 amide bonds. The van der Waals surface area contributed by atoms with E-state index in [1.54, 1.807) is 0 Å². The second-order valence-electron chi connectivity index (χ2n) is 6.68. The zero-order chi connectivity index (χ0) is 17.4.